The van der Waals surface area contributed by atoms with E-state index in [-0.39, 0.29) is 42.3 Å². The zero-order chi connectivity index (χ0) is 40.6. The summed E-state index contributed by atoms with van der Waals surface area (Å²) >= 11 is 0. The summed E-state index contributed by atoms with van der Waals surface area (Å²) in [5.41, 5.74) is 2.81. The molecule has 0 aromatic heterocycles. The molecular weight excluding hydrogens is 707 g/mol. The van der Waals surface area contributed by atoms with Gasteiger partial charge in [0.15, 0.2) is 0 Å². The first-order chi connectivity index (χ1) is 27.9. The normalized spacial score (nSPS) is 17.2. The van der Waals surface area contributed by atoms with Crippen LogP contribution in [0.2, 0.25) is 0 Å². The van der Waals surface area contributed by atoms with E-state index in [1.807, 2.05) is 0 Å². The van der Waals surface area contributed by atoms with E-state index >= 15 is 0 Å². The lowest BCUT2D eigenvalue weighted by Gasteiger charge is -2.36. The predicted molar refractivity (Wildman–Crippen MR) is 236 cm³/mol. The lowest BCUT2D eigenvalue weighted by atomic mass is 9.84. The predicted octanol–water partition coefficient (Wildman–Crippen LogP) is 13.4. The number of benzene rings is 2. The molecule has 3 rings (SSSR count). The number of aryl methyl sites for hydroxylation is 2. The first kappa shape index (κ1) is 48.2. The van der Waals surface area contributed by atoms with Gasteiger partial charge in [-0.1, -0.05) is 184 Å². The summed E-state index contributed by atoms with van der Waals surface area (Å²) in [6, 6.07) is 21.1. The molecule has 320 valence electrons. The Balaban J connectivity index is 1.37. The average Bonchev–Trinajstić information content (AvgIpc) is 3.21. The van der Waals surface area contributed by atoms with Crippen molar-refractivity contribution in [2.24, 2.45) is 5.92 Å². The molecule has 0 spiro atoms. The minimum Gasteiger partial charge on any atom is -0.462 e. The van der Waals surface area contributed by atoms with Crippen molar-refractivity contribution in [1.82, 2.24) is 5.32 Å². The lowest BCUT2D eigenvalue weighted by molar-refractivity contribution is -0.157. The second kappa shape index (κ2) is 31.8. The van der Waals surface area contributed by atoms with E-state index in [4.69, 9.17) is 9.47 Å². The van der Waals surface area contributed by atoms with Crippen molar-refractivity contribution in [2.75, 3.05) is 0 Å². The minimum atomic E-state index is -0.416. The van der Waals surface area contributed by atoms with Crippen molar-refractivity contribution >= 4 is 17.8 Å². The molecule has 0 heterocycles. The Bertz CT molecular complexity index is 1300. The number of amides is 1. The van der Waals surface area contributed by atoms with Crippen molar-refractivity contribution in [3.05, 3.63) is 71.8 Å². The Hall–Kier alpha value is -3.15. The summed E-state index contributed by atoms with van der Waals surface area (Å²) < 4.78 is 12.1. The molecule has 6 nitrogen and oxygen atoms in total. The fraction of sp³-hybridized carbons (Fsp3) is 0.706. The molecule has 0 radical (unpaired) electrons. The van der Waals surface area contributed by atoms with Gasteiger partial charge in [0.05, 0.1) is 12.5 Å². The molecule has 1 aliphatic carbocycles. The summed E-state index contributed by atoms with van der Waals surface area (Å²) in [7, 11) is 0. The van der Waals surface area contributed by atoms with Gasteiger partial charge in [0.25, 0.3) is 0 Å². The number of hydrogen-bond acceptors (Lipinski definition) is 5. The molecule has 57 heavy (non-hydrogen) atoms. The molecule has 0 aliphatic heterocycles. The van der Waals surface area contributed by atoms with Gasteiger partial charge >= 0.3 is 11.9 Å². The highest BCUT2D eigenvalue weighted by Crippen LogP contribution is 2.28. The number of nitrogens with one attached hydrogen (secondary N) is 1. The zero-order valence-electron chi connectivity index (χ0n) is 36.3. The van der Waals surface area contributed by atoms with Crippen LogP contribution in [0.5, 0.6) is 0 Å². The molecular formula is C51H81NO5. The third-order valence-corrected chi connectivity index (χ3v) is 12.0. The van der Waals surface area contributed by atoms with Crippen molar-refractivity contribution in [3.8, 4) is 0 Å². The van der Waals surface area contributed by atoms with Gasteiger partial charge in [-0.2, -0.15) is 0 Å². The first-order valence-electron chi connectivity index (χ1n) is 23.7. The summed E-state index contributed by atoms with van der Waals surface area (Å²) in [6.07, 6.45) is 30.3. The Morgan fingerprint density at radius 2 is 1.07 bits per heavy atom. The standard InChI is InChI=1S/C51H81NO5/c1-3-4-5-6-7-8-9-16-27-38-46(56-49(54)40-28-17-12-10-14-21-32-44-34-23-19-24-35-44)42-48(53)52-47-39-30-31-43(2)51(47)57-50(55)41-29-18-13-11-15-22-33-45-36-25-20-26-37-45/h19-20,23-26,34-37,43,46-47,51H,3-18,21-22,27-33,38-42H2,1-2H3,(H,52,53)/t43-,46?,47+,51+/m1/s1. The molecule has 1 fully saturated rings. The monoisotopic (exact) mass is 788 g/mol. The number of hydrogen-bond donors (Lipinski definition) is 1. The third kappa shape index (κ3) is 23.8. The van der Waals surface area contributed by atoms with E-state index in [0.717, 1.165) is 83.5 Å². The maximum absolute atomic E-state index is 13.5. The quantitative estimate of drug-likeness (QED) is 0.0575. The van der Waals surface area contributed by atoms with Gasteiger partial charge in [-0.05, 0) is 81.3 Å². The number of esters is 2. The van der Waals surface area contributed by atoms with E-state index in [1.165, 1.54) is 94.6 Å². The molecule has 1 amide bonds. The van der Waals surface area contributed by atoms with E-state index in [1.54, 1.807) is 0 Å². The Labute approximate surface area is 348 Å². The Kier molecular flexibility index (Phi) is 26.9. The molecule has 0 saturated heterocycles. The molecule has 1 N–H and O–H groups in total. The number of carbonyl (C=O) groups is 3. The van der Waals surface area contributed by atoms with Crippen LogP contribution in [-0.4, -0.2) is 36.1 Å². The third-order valence-electron chi connectivity index (χ3n) is 12.0. The van der Waals surface area contributed by atoms with Gasteiger partial charge in [-0.15, -0.1) is 0 Å². The first-order valence-corrected chi connectivity index (χ1v) is 23.7. The van der Waals surface area contributed by atoms with Crippen molar-refractivity contribution in [2.45, 2.75) is 225 Å². The molecule has 1 unspecified atom stereocenters. The van der Waals surface area contributed by atoms with Crippen LogP contribution in [0.1, 0.15) is 205 Å². The molecule has 1 saturated carbocycles. The van der Waals surface area contributed by atoms with Crippen LogP contribution in [0.3, 0.4) is 0 Å². The van der Waals surface area contributed by atoms with Gasteiger partial charge in [0, 0.05) is 12.8 Å². The molecule has 4 atom stereocenters. The average molecular weight is 788 g/mol. The topological polar surface area (TPSA) is 81.7 Å². The molecule has 6 heteroatoms. The van der Waals surface area contributed by atoms with Gasteiger partial charge in [-0.25, -0.2) is 0 Å². The van der Waals surface area contributed by atoms with Gasteiger partial charge in [-0.3, -0.25) is 14.4 Å². The van der Waals surface area contributed by atoms with Crippen LogP contribution < -0.4 is 5.32 Å². The molecule has 2 aromatic carbocycles. The summed E-state index contributed by atoms with van der Waals surface area (Å²) in [5.74, 6) is -0.247. The van der Waals surface area contributed by atoms with Crippen LogP contribution >= 0.6 is 0 Å². The highest BCUT2D eigenvalue weighted by Gasteiger charge is 2.35. The molecule has 2 aromatic rings. The van der Waals surface area contributed by atoms with E-state index in [9.17, 15) is 14.4 Å². The van der Waals surface area contributed by atoms with Crippen molar-refractivity contribution in [3.63, 3.8) is 0 Å². The van der Waals surface area contributed by atoms with Crippen molar-refractivity contribution in [1.29, 1.82) is 0 Å². The van der Waals surface area contributed by atoms with Gasteiger partial charge in [0.2, 0.25) is 5.91 Å². The fourth-order valence-electron chi connectivity index (χ4n) is 8.45. The van der Waals surface area contributed by atoms with E-state index in [0.29, 0.717) is 19.3 Å². The zero-order valence-corrected chi connectivity index (χ0v) is 36.3. The SMILES string of the molecule is CCCCCCCCCCCC(CC(=O)N[C@H]1CCC[C@@H](C)[C@@H]1OC(=O)CCCCCCCCc1ccccc1)OC(=O)CCCCCCCCc1ccccc1. The number of unbranched alkanes of at least 4 members (excludes halogenated alkanes) is 18. The van der Waals surface area contributed by atoms with Gasteiger partial charge < -0.3 is 14.8 Å². The Morgan fingerprint density at radius 1 is 0.596 bits per heavy atom. The second-order valence-electron chi connectivity index (χ2n) is 17.2. The van der Waals surface area contributed by atoms with Crippen LogP contribution in [0.4, 0.5) is 0 Å². The highest BCUT2D eigenvalue weighted by molar-refractivity contribution is 5.78. The van der Waals surface area contributed by atoms with Crippen molar-refractivity contribution < 1.29 is 23.9 Å². The summed E-state index contributed by atoms with van der Waals surface area (Å²) in [6.45, 7) is 4.38. The molecule has 0 bridgehead atoms. The maximum atomic E-state index is 13.5. The maximum Gasteiger partial charge on any atom is 0.306 e. The second-order valence-corrected chi connectivity index (χ2v) is 17.2. The number of rotatable bonds is 33. The highest BCUT2D eigenvalue weighted by atomic mass is 16.5. The smallest absolute Gasteiger partial charge is 0.306 e. The summed E-state index contributed by atoms with van der Waals surface area (Å²) in [5, 5.41) is 3.23. The largest absolute Gasteiger partial charge is 0.462 e. The van der Waals surface area contributed by atoms with Crippen LogP contribution in [0, 0.1) is 5.92 Å². The van der Waals surface area contributed by atoms with Crippen LogP contribution in [0.15, 0.2) is 60.7 Å². The Morgan fingerprint density at radius 3 is 1.61 bits per heavy atom. The lowest BCUT2D eigenvalue weighted by Crippen LogP contribution is -2.50. The minimum absolute atomic E-state index is 0.105. The summed E-state index contributed by atoms with van der Waals surface area (Å²) in [4.78, 5) is 39.5. The fourth-order valence-corrected chi connectivity index (χ4v) is 8.45. The number of carbonyl (C=O) groups excluding carboxylic acids is 3. The van der Waals surface area contributed by atoms with Crippen LogP contribution in [-0.2, 0) is 36.7 Å². The van der Waals surface area contributed by atoms with Crippen LogP contribution in [0.25, 0.3) is 0 Å². The van der Waals surface area contributed by atoms with E-state index in [2.05, 4.69) is 79.8 Å². The molecule has 1 aliphatic rings. The van der Waals surface area contributed by atoms with E-state index < -0.39 is 6.10 Å². The number of ether oxygens (including phenoxy) is 2. The van der Waals surface area contributed by atoms with Gasteiger partial charge in [0.1, 0.15) is 12.2 Å².